The lowest BCUT2D eigenvalue weighted by atomic mass is 10.3. The molecule has 5 heteroatoms. The van der Waals surface area contributed by atoms with E-state index in [4.69, 9.17) is 0 Å². The van der Waals surface area contributed by atoms with Gasteiger partial charge in [0, 0.05) is 27.4 Å². The van der Waals surface area contributed by atoms with E-state index in [2.05, 4.69) is 53.7 Å². The van der Waals surface area contributed by atoms with Crippen molar-refractivity contribution >= 4 is 37.5 Å². The van der Waals surface area contributed by atoms with Crippen LogP contribution in [0.1, 0.15) is 12.6 Å². The Morgan fingerprint density at radius 3 is 2.88 bits per heavy atom. The van der Waals surface area contributed by atoms with Gasteiger partial charge in [0.25, 0.3) is 0 Å². The fourth-order valence-corrected chi connectivity index (χ4v) is 2.79. The Balaban J connectivity index is 2.07. The summed E-state index contributed by atoms with van der Waals surface area (Å²) in [4.78, 5) is 4.15. The summed E-state index contributed by atoms with van der Waals surface area (Å²) in [6.45, 7) is 3.83. The third kappa shape index (κ3) is 3.10. The number of hydrogen-bond donors (Lipinski definition) is 1. The van der Waals surface area contributed by atoms with Crippen LogP contribution in [0.3, 0.4) is 0 Å². The van der Waals surface area contributed by atoms with Crippen molar-refractivity contribution in [1.29, 1.82) is 0 Å². The number of nitrogens with one attached hydrogen (secondary N) is 1. The number of benzene rings is 1. The molecule has 0 amide bonds. The van der Waals surface area contributed by atoms with Gasteiger partial charge < -0.3 is 9.88 Å². The van der Waals surface area contributed by atoms with E-state index in [9.17, 15) is 0 Å². The minimum atomic E-state index is 0.772. The lowest BCUT2D eigenvalue weighted by Crippen LogP contribution is -2.06. The highest BCUT2D eigenvalue weighted by Gasteiger charge is 2.03. The number of aromatic nitrogens is 2. The molecule has 0 fully saturated rings. The number of rotatable bonds is 4. The number of imidazole rings is 1. The maximum atomic E-state index is 4.15. The molecule has 0 aliphatic rings. The molecule has 2 rings (SSSR count). The smallest absolute Gasteiger partial charge is 0.0948 e. The fraction of sp³-hybridized carbons (Fsp3) is 0.250. The van der Waals surface area contributed by atoms with Crippen LogP contribution in [-0.2, 0) is 13.1 Å². The number of hydrogen-bond acceptors (Lipinski definition) is 2. The highest BCUT2D eigenvalue weighted by Crippen LogP contribution is 2.26. The number of aryl methyl sites for hydroxylation is 1. The second-order valence-corrected chi connectivity index (χ2v) is 5.42. The Bertz CT molecular complexity index is 508. The summed E-state index contributed by atoms with van der Waals surface area (Å²) in [5.41, 5.74) is 2.26. The van der Waals surface area contributed by atoms with Gasteiger partial charge in [-0.3, -0.25) is 0 Å². The van der Waals surface area contributed by atoms with E-state index >= 15 is 0 Å². The molecule has 3 nitrogen and oxygen atoms in total. The quantitative estimate of drug-likeness (QED) is 0.893. The maximum absolute atomic E-state index is 4.15. The molecule has 0 spiro atoms. The van der Waals surface area contributed by atoms with E-state index in [0.717, 1.165) is 27.7 Å². The normalized spacial score (nSPS) is 10.5. The minimum absolute atomic E-state index is 0.772. The van der Waals surface area contributed by atoms with Gasteiger partial charge in [0.05, 0.1) is 18.6 Å². The average molecular weight is 359 g/mol. The first-order valence-electron chi connectivity index (χ1n) is 5.38. The van der Waals surface area contributed by atoms with Crippen LogP contribution in [0.25, 0.3) is 0 Å². The molecule has 0 unspecified atom stereocenters. The zero-order valence-corrected chi connectivity index (χ0v) is 12.6. The molecule has 1 heterocycles. The predicted molar refractivity (Wildman–Crippen MR) is 77.1 cm³/mol. The largest absolute Gasteiger partial charge is 0.378 e. The highest BCUT2D eigenvalue weighted by atomic mass is 79.9. The van der Waals surface area contributed by atoms with Crippen LogP contribution in [0.15, 0.2) is 39.7 Å². The molecule has 1 aromatic carbocycles. The lowest BCUT2D eigenvalue weighted by molar-refractivity contribution is 0.719. The molecule has 2 aromatic rings. The van der Waals surface area contributed by atoms with E-state index in [0.29, 0.717) is 0 Å². The van der Waals surface area contributed by atoms with Crippen molar-refractivity contribution in [3.63, 3.8) is 0 Å². The molecule has 0 atom stereocenters. The van der Waals surface area contributed by atoms with E-state index < -0.39 is 0 Å². The van der Waals surface area contributed by atoms with Gasteiger partial charge >= 0.3 is 0 Å². The zero-order chi connectivity index (χ0) is 12.3. The van der Waals surface area contributed by atoms with Gasteiger partial charge in [0.15, 0.2) is 0 Å². The first-order valence-corrected chi connectivity index (χ1v) is 6.97. The molecule has 0 bridgehead atoms. The van der Waals surface area contributed by atoms with E-state index in [1.165, 1.54) is 5.69 Å². The van der Waals surface area contributed by atoms with Gasteiger partial charge in [-0.25, -0.2) is 4.98 Å². The van der Waals surface area contributed by atoms with Crippen molar-refractivity contribution in [2.24, 2.45) is 0 Å². The lowest BCUT2D eigenvalue weighted by Gasteiger charge is -2.10. The molecule has 0 saturated carbocycles. The fourth-order valence-electron chi connectivity index (χ4n) is 1.60. The second-order valence-electron chi connectivity index (χ2n) is 3.65. The molecule has 90 valence electrons. The monoisotopic (exact) mass is 357 g/mol. The number of halogens is 2. The van der Waals surface area contributed by atoms with Gasteiger partial charge in [-0.15, -0.1) is 0 Å². The Morgan fingerprint density at radius 2 is 2.18 bits per heavy atom. The second kappa shape index (κ2) is 5.69. The molecular formula is C12H13Br2N3. The zero-order valence-electron chi connectivity index (χ0n) is 9.45. The van der Waals surface area contributed by atoms with Crippen molar-refractivity contribution in [3.05, 3.63) is 45.4 Å². The summed E-state index contributed by atoms with van der Waals surface area (Å²) in [6, 6.07) is 6.09. The van der Waals surface area contributed by atoms with Crippen LogP contribution in [-0.4, -0.2) is 9.55 Å². The van der Waals surface area contributed by atoms with Gasteiger partial charge in [0.1, 0.15) is 0 Å². The van der Waals surface area contributed by atoms with Crippen LogP contribution >= 0.6 is 31.9 Å². The Labute approximate surface area is 118 Å². The number of anilines is 1. The van der Waals surface area contributed by atoms with Crippen LogP contribution in [0.5, 0.6) is 0 Å². The molecule has 1 aromatic heterocycles. The van der Waals surface area contributed by atoms with Gasteiger partial charge in [-0.1, -0.05) is 15.9 Å². The molecule has 0 aliphatic carbocycles. The average Bonchev–Trinajstić information content (AvgIpc) is 2.75. The van der Waals surface area contributed by atoms with Crippen LogP contribution in [0.2, 0.25) is 0 Å². The van der Waals surface area contributed by atoms with E-state index in [1.807, 2.05) is 30.7 Å². The van der Waals surface area contributed by atoms with Crippen molar-refractivity contribution in [2.45, 2.75) is 20.0 Å². The third-order valence-corrected chi connectivity index (χ3v) is 3.68. The molecule has 0 radical (unpaired) electrons. The van der Waals surface area contributed by atoms with Crippen molar-refractivity contribution in [3.8, 4) is 0 Å². The summed E-state index contributed by atoms with van der Waals surface area (Å²) in [5, 5.41) is 3.39. The van der Waals surface area contributed by atoms with Gasteiger partial charge in [0.2, 0.25) is 0 Å². The molecule has 0 saturated heterocycles. The SMILES string of the molecule is CCn1cncc1CNc1ccc(Br)cc1Br. The Morgan fingerprint density at radius 1 is 1.35 bits per heavy atom. The summed E-state index contributed by atoms with van der Waals surface area (Å²) in [5.74, 6) is 0. The third-order valence-electron chi connectivity index (χ3n) is 2.53. The standard InChI is InChI=1S/C12H13Br2N3/c1-2-17-8-15-6-10(17)7-16-12-4-3-9(13)5-11(12)14/h3-6,8,16H,2,7H2,1H3. The van der Waals surface area contributed by atoms with Crippen molar-refractivity contribution < 1.29 is 0 Å². The molecule has 0 aliphatic heterocycles. The van der Waals surface area contributed by atoms with Gasteiger partial charge in [-0.05, 0) is 41.1 Å². The van der Waals surface area contributed by atoms with E-state index in [-0.39, 0.29) is 0 Å². The first-order chi connectivity index (χ1) is 8.20. The summed E-state index contributed by atoms with van der Waals surface area (Å²) >= 11 is 6.97. The van der Waals surface area contributed by atoms with Crippen LogP contribution < -0.4 is 5.32 Å². The summed E-state index contributed by atoms with van der Waals surface area (Å²) in [6.07, 6.45) is 3.75. The van der Waals surface area contributed by atoms with Crippen molar-refractivity contribution in [2.75, 3.05) is 5.32 Å². The van der Waals surface area contributed by atoms with Crippen LogP contribution in [0, 0.1) is 0 Å². The Hall–Kier alpha value is -0.810. The Kier molecular flexibility index (Phi) is 4.23. The van der Waals surface area contributed by atoms with E-state index in [1.54, 1.807) is 0 Å². The summed E-state index contributed by atoms with van der Waals surface area (Å²) in [7, 11) is 0. The molecule has 17 heavy (non-hydrogen) atoms. The topological polar surface area (TPSA) is 29.9 Å². The van der Waals surface area contributed by atoms with Gasteiger partial charge in [-0.2, -0.15) is 0 Å². The molecular weight excluding hydrogens is 346 g/mol. The van der Waals surface area contributed by atoms with Crippen LogP contribution in [0.4, 0.5) is 5.69 Å². The first kappa shape index (κ1) is 12.6. The maximum Gasteiger partial charge on any atom is 0.0948 e. The molecule has 1 N–H and O–H groups in total. The number of nitrogens with zero attached hydrogens (tertiary/aromatic N) is 2. The van der Waals surface area contributed by atoms with Crippen molar-refractivity contribution in [1.82, 2.24) is 9.55 Å². The predicted octanol–water partition coefficient (Wildman–Crippen LogP) is 4.04. The summed E-state index contributed by atoms with van der Waals surface area (Å²) < 4.78 is 4.24. The minimum Gasteiger partial charge on any atom is -0.378 e. The highest BCUT2D eigenvalue weighted by molar-refractivity contribution is 9.11.